The van der Waals surface area contributed by atoms with Crippen LogP contribution in [0.5, 0.6) is 0 Å². The van der Waals surface area contributed by atoms with Crippen molar-refractivity contribution in [3.05, 3.63) is 35.9 Å². The summed E-state index contributed by atoms with van der Waals surface area (Å²) in [7, 11) is 1.26. The van der Waals surface area contributed by atoms with E-state index in [1.54, 1.807) is 12.1 Å². The van der Waals surface area contributed by atoms with Crippen molar-refractivity contribution >= 4 is 5.91 Å². The van der Waals surface area contributed by atoms with Gasteiger partial charge in [-0.1, -0.05) is 24.3 Å². The van der Waals surface area contributed by atoms with Crippen LogP contribution in [0.4, 0.5) is 4.39 Å². The number of hydrogen-bond acceptors (Lipinski definition) is 2. The van der Waals surface area contributed by atoms with Crippen molar-refractivity contribution in [1.29, 1.82) is 0 Å². The van der Waals surface area contributed by atoms with E-state index in [2.05, 4.69) is 10.9 Å². The topological polar surface area (TPSA) is 38.3 Å². The first kappa shape index (κ1) is 10.7. The number of carbonyl (C=O) groups excluding carboxylic acids is 1. The number of rotatable bonds is 3. The Hall–Kier alpha value is -1.42. The van der Waals surface area contributed by atoms with Crippen LogP contribution in [0.2, 0.25) is 0 Å². The molecule has 0 aliphatic heterocycles. The van der Waals surface area contributed by atoms with Crippen molar-refractivity contribution < 1.29 is 14.0 Å². The molecule has 0 spiro atoms. The van der Waals surface area contributed by atoms with E-state index in [9.17, 15) is 9.18 Å². The highest BCUT2D eigenvalue weighted by molar-refractivity contribution is 5.85. The number of nitrogens with one attached hydrogen (secondary N) is 1. The Bertz CT molecular complexity index is 311. The second-order valence-corrected chi connectivity index (χ2v) is 2.93. The number of hydrogen-bond donors (Lipinski definition) is 1. The van der Waals surface area contributed by atoms with Gasteiger partial charge in [-0.15, -0.1) is 0 Å². The van der Waals surface area contributed by atoms with Crippen molar-refractivity contribution in [2.24, 2.45) is 0 Å². The summed E-state index contributed by atoms with van der Waals surface area (Å²) in [5.74, 6) is -0.828. The lowest BCUT2D eigenvalue weighted by molar-refractivity contribution is -0.143. The highest BCUT2D eigenvalue weighted by Crippen LogP contribution is 2.24. The fourth-order valence-corrected chi connectivity index (χ4v) is 1.02. The molecule has 0 saturated heterocycles. The monoisotopic (exact) mass is 196 g/mol. The fourth-order valence-electron chi connectivity index (χ4n) is 1.02. The zero-order valence-electron chi connectivity index (χ0n) is 8.00. The summed E-state index contributed by atoms with van der Waals surface area (Å²) in [5, 5.41) is 0. The minimum Gasteiger partial charge on any atom is -0.277 e. The molecule has 4 heteroatoms. The van der Waals surface area contributed by atoms with Crippen LogP contribution in [0.1, 0.15) is 12.5 Å². The molecule has 0 aliphatic rings. The number of carbonyl (C=O) groups is 1. The van der Waals surface area contributed by atoms with Crippen molar-refractivity contribution in [2.45, 2.75) is 12.6 Å². The Morgan fingerprint density at radius 2 is 2.14 bits per heavy atom. The highest BCUT2D eigenvalue weighted by Gasteiger charge is 2.34. The SMILES string of the molecule is CONC(=O)C(C)(F)c1cc[c]cc1. The highest BCUT2D eigenvalue weighted by atomic mass is 19.1. The second-order valence-electron chi connectivity index (χ2n) is 2.93. The Kier molecular flexibility index (Phi) is 3.19. The Balaban J connectivity index is 2.90. The maximum absolute atomic E-state index is 13.9. The van der Waals surface area contributed by atoms with Crippen LogP contribution in [0.15, 0.2) is 24.3 Å². The molecule has 1 radical (unpaired) electrons. The number of hydroxylamine groups is 1. The van der Waals surface area contributed by atoms with Gasteiger partial charge in [-0.25, -0.2) is 9.87 Å². The molecular formula is C10H11FNO2. The molecule has 0 heterocycles. The first-order valence-electron chi connectivity index (χ1n) is 4.08. The van der Waals surface area contributed by atoms with Crippen molar-refractivity contribution in [2.75, 3.05) is 7.11 Å². The van der Waals surface area contributed by atoms with Crippen LogP contribution in [0.25, 0.3) is 0 Å². The van der Waals surface area contributed by atoms with Crippen LogP contribution in [0.3, 0.4) is 0 Å². The summed E-state index contributed by atoms with van der Waals surface area (Å²) >= 11 is 0. The third-order valence-corrected chi connectivity index (χ3v) is 1.88. The predicted octanol–water partition coefficient (Wildman–Crippen LogP) is 1.35. The zero-order valence-corrected chi connectivity index (χ0v) is 8.00. The minimum absolute atomic E-state index is 0.269. The minimum atomic E-state index is -2.09. The molecule has 1 aromatic rings. The molecule has 0 aliphatic carbocycles. The van der Waals surface area contributed by atoms with Crippen molar-refractivity contribution in [3.8, 4) is 0 Å². The molecule has 1 unspecified atom stereocenters. The van der Waals surface area contributed by atoms with Crippen LogP contribution < -0.4 is 5.48 Å². The van der Waals surface area contributed by atoms with Gasteiger partial charge in [-0.05, 0) is 18.6 Å². The van der Waals surface area contributed by atoms with Gasteiger partial charge >= 0.3 is 0 Å². The van der Waals surface area contributed by atoms with Gasteiger partial charge in [0.2, 0.25) is 5.67 Å². The van der Waals surface area contributed by atoms with E-state index in [1.165, 1.54) is 26.2 Å². The molecule has 0 bridgehead atoms. The smallest absolute Gasteiger partial charge is 0.277 e. The van der Waals surface area contributed by atoms with Gasteiger partial charge in [0, 0.05) is 0 Å². The van der Waals surface area contributed by atoms with Gasteiger partial charge in [0.05, 0.1) is 7.11 Å². The molecule has 1 rings (SSSR count). The van der Waals surface area contributed by atoms with Crippen LogP contribution in [-0.4, -0.2) is 13.0 Å². The van der Waals surface area contributed by atoms with Gasteiger partial charge in [-0.3, -0.25) is 9.63 Å². The summed E-state index contributed by atoms with van der Waals surface area (Å²) in [6.45, 7) is 1.18. The fraction of sp³-hybridized carbons (Fsp3) is 0.300. The molecule has 75 valence electrons. The van der Waals surface area contributed by atoms with E-state index >= 15 is 0 Å². The molecule has 0 saturated carbocycles. The molecule has 0 fully saturated rings. The maximum Gasteiger partial charge on any atom is 0.285 e. The average Bonchev–Trinajstić information content (AvgIpc) is 2.19. The second kappa shape index (κ2) is 4.19. The maximum atomic E-state index is 13.9. The van der Waals surface area contributed by atoms with E-state index in [-0.39, 0.29) is 5.56 Å². The van der Waals surface area contributed by atoms with Gasteiger partial charge in [0.1, 0.15) is 0 Å². The van der Waals surface area contributed by atoms with Gasteiger partial charge < -0.3 is 0 Å². The molecule has 1 aromatic carbocycles. The molecule has 1 N–H and O–H groups in total. The Morgan fingerprint density at radius 1 is 1.57 bits per heavy atom. The zero-order chi connectivity index (χ0) is 10.6. The van der Waals surface area contributed by atoms with E-state index in [0.29, 0.717) is 0 Å². The first-order valence-corrected chi connectivity index (χ1v) is 4.08. The summed E-state index contributed by atoms with van der Waals surface area (Å²) in [6.07, 6.45) is 0. The lowest BCUT2D eigenvalue weighted by atomic mass is 9.97. The van der Waals surface area contributed by atoms with Gasteiger partial charge in [0.15, 0.2) is 0 Å². The summed E-state index contributed by atoms with van der Waals surface area (Å²) in [6, 6.07) is 8.83. The number of halogens is 1. The first-order chi connectivity index (χ1) is 6.59. The predicted molar refractivity (Wildman–Crippen MR) is 48.9 cm³/mol. The summed E-state index contributed by atoms with van der Waals surface area (Å²) in [4.78, 5) is 15.6. The molecule has 0 aromatic heterocycles. The van der Waals surface area contributed by atoms with Crippen LogP contribution >= 0.6 is 0 Å². The summed E-state index contributed by atoms with van der Waals surface area (Å²) < 4.78 is 13.9. The third-order valence-electron chi connectivity index (χ3n) is 1.88. The number of benzene rings is 1. The number of alkyl halides is 1. The Labute approximate surface area is 81.8 Å². The van der Waals surface area contributed by atoms with Crippen molar-refractivity contribution in [3.63, 3.8) is 0 Å². The van der Waals surface area contributed by atoms with E-state index in [0.717, 1.165) is 0 Å². The molecular weight excluding hydrogens is 185 g/mol. The van der Waals surface area contributed by atoms with Crippen molar-refractivity contribution in [1.82, 2.24) is 5.48 Å². The Morgan fingerprint density at radius 3 is 2.64 bits per heavy atom. The van der Waals surface area contributed by atoms with Gasteiger partial charge in [0.25, 0.3) is 5.91 Å². The van der Waals surface area contributed by atoms with E-state index in [1.807, 2.05) is 5.48 Å². The molecule has 3 nitrogen and oxygen atoms in total. The van der Waals surface area contributed by atoms with E-state index < -0.39 is 11.6 Å². The molecule has 14 heavy (non-hydrogen) atoms. The molecule has 1 atom stereocenters. The third kappa shape index (κ3) is 2.09. The summed E-state index contributed by atoms with van der Waals surface area (Å²) in [5.41, 5.74) is 0.137. The molecule has 1 amide bonds. The van der Waals surface area contributed by atoms with Gasteiger partial charge in [-0.2, -0.15) is 0 Å². The van der Waals surface area contributed by atoms with E-state index in [4.69, 9.17) is 0 Å². The standard InChI is InChI=1S/C10H11FNO2/c1-10(11,9(13)12-14-2)8-6-4-3-5-7-8/h4-7H,1-2H3,(H,12,13). The normalized spacial score (nSPS) is 14.5. The quantitative estimate of drug-likeness (QED) is 0.741. The average molecular weight is 196 g/mol. The largest absolute Gasteiger partial charge is 0.285 e. The van der Waals surface area contributed by atoms with Crippen LogP contribution in [-0.2, 0) is 15.3 Å². The van der Waals surface area contributed by atoms with Crippen LogP contribution in [0, 0.1) is 6.07 Å². The lowest BCUT2D eigenvalue weighted by Gasteiger charge is -2.18. The lowest BCUT2D eigenvalue weighted by Crippen LogP contribution is -2.38. The number of amides is 1.